The molecule has 0 fully saturated rings. The molecular weight excluding hydrogens is 168 g/mol. The Kier molecular flexibility index (Phi) is 7.31. The van der Waals surface area contributed by atoms with Crippen LogP contribution in [0.5, 0.6) is 0 Å². The van der Waals surface area contributed by atoms with Crippen molar-refractivity contribution < 1.29 is 0 Å². The van der Waals surface area contributed by atoms with Crippen LogP contribution >= 0.6 is 0 Å². The average molecular weight is 198 g/mol. The van der Waals surface area contributed by atoms with Gasteiger partial charge < -0.3 is 0 Å². The van der Waals surface area contributed by atoms with Gasteiger partial charge in [-0.3, -0.25) is 0 Å². The molecule has 0 nitrogen and oxygen atoms in total. The van der Waals surface area contributed by atoms with Gasteiger partial charge in [0.05, 0.1) is 0 Å². The molecule has 0 aromatic carbocycles. The first-order chi connectivity index (χ1) is 6.41. The fourth-order valence-electron chi connectivity index (χ4n) is 2.41. The fraction of sp³-hybridized carbons (Fsp3) is 1.00. The molecule has 0 aromatic heterocycles. The Morgan fingerprint density at radius 2 is 0.857 bits per heavy atom. The first-order valence-corrected chi connectivity index (χ1v) is 6.41. The normalized spacial score (nSPS) is 16.3. The third kappa shape index (κ3) is 8.59. The maximum Gasteiger partial charge on any atom is -0.0440 e. The minimum atomic E-state index is 0.866. The minimum absolute atomic E-state index is 0.866. The summed E-state index contributed by atoms with van der Waals surface area (Å²) in [6.07, 6.45) is 5.64. The Morgan fingerprint density at radius 1 is 0.571 bits per heavy atom. The Labute approximate surface area is 91.5 Å². The van der Waals surface area contributed by atoms with Gasteiger partial charge in [0, 0.05) is 0 Å². The molecule has 0 rings (SSSR count). The molecule has 0 bridgehead atoms. The van der Waals surface area contributed by atoms with Gasteiger partial charge in [-0.05, 0) is 36.5 Å². The summed E-state index contributed by atoms with van der Waals surface area (Å²) in [5, 5.41) is 0. The zero-order valence-corrected chi connectivity index (χ0v) is 11.1. The van der Waals surface area contributed by atoms with E-state index in [9.17, 15) is 0 Å². The summed E-state index contributed by atoms with van der Waals surface area (Å²) in [6, 6.07) is 0. The molecule has 14 heavy (non-hydrogen) atoms. The number of hydrogen-bond acceptors (Lipinski definition) is 0. The highest BCUT2D eigenvalue weighted by molar-refractivity contribution is 4.61. The van der Waals surface area contributed by atoms with Crippen molar-refractivity contribution in [3.63, 3.8) is 0 Å². The average Bonchev–Trinajstić information content (AvgIpc) is 1.98. The standard InChI is InChI=1S/C14H30/c1-11(2)9-13(5)7-8-14(6)10-12(3)4/h11-14H,7-10H2,1-6H3. The summed E-state index contributed by atoms with van der Waals surface area (Å²) in [7, 11) is 0. The second-order valence-corrected chi connectivity index (χ2v) is 6.05. The molecule has 0 aliphatic heterocycles. The van der Waals surface area contributed by atoms with Gasteiger partial charge in [0.25, 0.3) is 0 Å². The van der Waals surface area contributed by atoms with Crippen LogP contribution in [0.25, 0.3) is 0 Å². The second-order valence-electron chi connectivity index (χ2n) is 6.05. The summed E-state index contributed by atoms with van der Waals surface area (Å²) in [4.78, 5) is 0. The van der Waals surface area contributed by atoms with Gasteiger partial charge in [0.1, 0.15) is 0 Å². The highest BCUT2D eigenvalue weighted by atomic mass is 14.1. The Hall–Kier alpha value is 0. The molecule has 86 valence electrons. The smallest absolute Gasteiger partial charge is 0.0440 e. The van der Waals surface area contributed by atoms with Crippen LogP contribution in [0.2, 0.25) is 0 Å². The van der Waals surface area contributed by atoms with Crippen LogP contribution in [-0.2, 0) is 0 Å². The molecule has 0 heterocycles. The largest absolute Gasteiger partial charge is 0.0628 e. The third-order valence-electron chi connectivity index (χ3n) is 2.90. The minimum Gasteiger partial charge on any atom is -0.0628 e. The van der Waals surface area contributed by atoms with E-state index in [4.69, 9.17) is 0 Å². The Balaban J connectivity index is 3.50. The maximum absolute atomic E-state index is 2.40. The van der Waals surface area contributed by atoms with Crippen molar-refractivity contribution in [1.82, 2.24) is 0 Å². The van der Waals surface area contributed by atoms with E-state index >= 15 is 0 Å². The van der Waals surface area contributed by atoms with Crippen LogP contribution in [0, 0.1) is 23.7 Å². The van der Waals surface area contributed by atoms with E-state index in [2.05, 4.69) is 41.5 Å². The molecule has 0 amide bonds. The molecule has 0 heteroatoms. The molecule has 0 saturated heterocycles. The first kappa shape index (κ1) is 14.0. The van der Waals surface area contributed by atoms with Crippen molar-refractivity contribution in [2.45, 2.75) is 67.2 Å². The van der Waals surface area contributed by atoms with E-state index in [1.54, 1.807) is 0 Å². The van der Waals surface area contributed by atoms with E-state index in [-0.39, 0.29) is 0 Å². The third-order valence-corrected chi connectivity index (χ3v) is 2.90. The zero-order chi connectivity index (χ0) is 11.1. The lowest BCUT2D eigenvalue weighted by Crippen LogP contribution is -2.05. The number of rotatable bonds is 7. The molecule has 0 spiro atoms. The van der Waals surface area contributed by atoms with Crippen LogP contribution in [0.15, 0.2) is 0 Å². The van der Waals surface area contributed by atoms with Gasteiger partial charge in [-0.25, -0.2) is 0 Å². The molecule has 0 radical (unpaired) electrons. The highest BCUT2D eigenvalue weighted by Crippen LogP contribution is 2.22. The van der Waals surface area contributed by atoms with Gasteiger partial charge in [0.2, 0.25) is 0 Å². The molecule has 2 unspecified atom stereocenters. The lowest BCUT2D eigenvalue weighted by Gasteiger charge is -2.18. The highest BCUT2D eigenvalue weighted by Gasteiger charge is 2.09. The van der Waals surface area contributed by atoms with Gasteiger partial charge >= 0.3 is 0 Å². The SMILES string of the molecule is CC(C)CC(C)CCC(C)CC(C)C. The Bertz CT molecular complexity index is 108. The van der Waals surface area contributed by atoms with Gasteiger partial charge in [0.15, 0.2) is 0 Å². The fourth-order valence-corrected chi connectivity index (χ4v) is 2.41. The van der Waals surface area contributed by atoms with E-state index in [0.29, 0.717) is 0 Å². The Morgan fingerprint density at radius 3 is 1.07 bits per heavy atom. The van der Waals surface area contributed by atoms with E-state index in [1.807, 2.05) is 0 Å². The summed E-state index contributed by atoms with van der Waals surface area (Å²) in [5.41, 5.74) is 0. The zero-order valence-electron chi connectivity index (χ0n) is 11.1. The molecule has 0 saturated carbocycles. The molecule has 2 atom stereocenters. The van der Waals surface area contributed by atoms with Gasteiger partial charge in [-0.15, -0.1) is 0 Å². The second kappa shape index (κ2) is 7.31. The van der Waals surface area contributed by atoms with Crippen LogP contribution < -0.4 is 0 Å². The van der Waals surface area contributed by atoms with Gasteiger partial charge in [-0.2, -0.15) is 0 Å². The monoisotopic (exact) mass is 198 g/mol. The molecular formula is C14H30. The van der Waals surface area contributed by atoms with Crippen LogP contribution in [0.4, 0.5) is 0 Å². The van der Waals surface area contributed by atoms with Crippen molar-refractivity contribution in [1.29, 1.82) is 0 Å². The van der Waals surface area contributed by atoms with E-state index < -0.39 is 0 Å². The van der Waals surface area contributed by atoms with Crippen molar-refractivity contribution in [3.05, 3.63) is 0 Å². The van der Waals surface area contributed by atoms with Crippen molar-refractivity contribution in [2.24, 2.45) is 23.7 Å². The predicted molar refractivity (Wildman–Crippen MR) is 66.5 cm³/mol. The van der Waals surface area contributed by atoms with E-state index in [0.717, 1.165) is 23.7 Å². The molecule has 0 aromatic rings. The summed E-state index contributed by atoms with van der Waals surface area (Å²) < 4.78 is 0. The lowest BCUT2D eigenvalue weighted by molar-refractivity contribution is 0.343. The van der Waals surface area contributed by atoms with Crippen LogP contribution in [0.1, 0.15) is 67.2 Å². The maximum atomic E-state index is 2.40. The van der Waals surface area contributed by atoms with Crippen molar-refractivity contribution in [2.75, 3.05) is 0 Å². The predicted octanol–water partition coefficient (Wildman–Crippen LogP) is 5.13. The van der Waals surface area contributed by atoms with Gasteiger partial charge in [-0.1, -0.05) is 54.4 Å². The molecule has 0 aliphatic carbocycles. The lowest BCUT2D eigenvalue weighted by atomic mass is 9.88. The number of hydrogen-bond donors (Lipinski definition) is 0. The van der Waals surface area contributed by atoms with E-state index in [1.165, 1.54) is 25.7 Å². The van der Waals surface area contributed by atoms with Crippen molar-refractivity contribution in [3.8, 4) is 0 Å². The first-order valence-electron chi connectivity index (χ1n) is 6.41. The molecule has 0 N–H and O–H groups in total. The molecule has 0 aliphatic rings. The van der Waals surface area contributed by atoms with Crippen LogP contribution in [-0.4, -0.2) is 0 Å². The summed E-state index contributed by atoms with van der Waals surface area (Å²) in [5.74, 6) is 3.57. The summed E-state index contributed by atoms with van der Waals surface area (Å²) in [6.45, 7) is 14.1. The topological polar surface area (TPSA) is 0 Å². The quantitative estimate of drug-likeness (QED) is 0.532. The van der Waals surface area contributed by atoms with Crippen LogP contribution in [0.3, 0.4) is 0 Å². The van der Waals surface area contributed by atoms with Crippen molar-refractivity contribution >= 4 is 0 Å². The summed E-state index contributed by atoms with van der Waals surface area (Å²) >= 11 is 0.